The largest absolute Gasteiger partial charge is 0.497 e. The van der Waals surface area contributed by atoms with Crippen LogP contribution in [0.2, 0.25) is 0 Å². The molecule has 2 heterocycles. The van der Waals surface area contributed by atoms with Crippen LogP contribution in [0.4, 0.5) is 5.69 Å². The number of methoxy groups -OCH3 is 2. The van der Waals surface area contributed by atoms with E-state index in [1.807, 2.05) is 0 Å². The Kier molecular flexibility index (Phi) is 6.62. The molecule has 6 nitrogen and oxygen atoms in total. The molecular weight excluding hydrogens is 442 g/mol. The van der Waals surface area contributed by atoms with Crippen LogP contribution >= 0.6 is 23.1 Å². The number of ether oxygens (including phenoxy) is 2. The standard InChI is InChI=1S/C24H23N3O3S2/c1-14-5-6-16(9-15(14)2)18-11-31-23-22(18)24(26-13-25-23)32-12-21(28)27-19-8-7-17(29-3)10-20(19)30-4/h5-11,13H,12H2,1-4H3,(H,27,28). The van der Waals surface area contributed by atoms with Gasteiger partial charge in [-0.25, -0.2) is 9.97 Å². The van der Waals surface area contributed by atoms with Gasteiger partial charge in [-0.05, 0) is 42.7 Å². The third-order valence-electron chi connectivity index (χ3n) is 5.18. The number of carbonyl (C=O) groups excluding carboxylic acids is 1. The number of hydrogen-bond donors (Lipinski definition) is 1. The molecule has 0 fully saturated rings. The number of nitrogens with zero attached hydrogens (tertiary/aromatic N) is 2. The molecule has 0 saturated heterocycles. The summed E-state index contributed by atoms with van der Waals surface area (Å²) in [5, 5.41) is 6.79. The molecule has 1 N–H and O–H groups in total. The highest BCUT2D eigenvalue weighted by Crippen LogP contribution is 2.38. The van der Waals surface area contributed by atoms with Crippen molar-refractivity contribution in [3.05, 3.63) is 59.2 Å². The zero-order valence-corrected chi connectivity index (χ0v) is 19.9. The van der Waals surface area contributed by atoms with Crippen molar-refractivity contribution in [1.29, 1.82) is 0 Å². The van der Waals surface area contributed by atoms with Crippen LogP contribution in [-0.2, 0) is 4.79 Å². The quantitative estimate of drug-likeness (QED) is 0.278. The fourth-order valence-electron chi connectivity index (χ4n) is 3.30. The molecule has 2 aromatic heterocycles. The van der Waals surface area contributed by atoms with Crippen molar-refractivity contribution in [1.82, 2.24) is 9.97 Å². The number of rotatable bonds is 7. The van der Waals surface area contributed by atoms with E-state index in [0.29, 0.717) is 17.2 Å². The minimum Gasteiger partial charge on any atom is -0.497 e. The second-order valence-corrected chi connectivity index (χ2v) is 9.03. The molecular formula is C24H23N3O3S2. The lowest BCUT2D eigenvalue weighted by Crippen LogP contribution is -2.14. The molecule has 0 aliphatic rings. The van der Waals surface area contributed by atoms with Crippen LogP contribution in [0.1, 0.15) is 11.1 Å². The first-order valence-corrected chi connectivity index (χ1v) is 11.8. The first kappa shape index (κ1) is 22.1. The third-order valence-corrected chi connectivity index (χ3v) is 7.05. The van der Waals surface area contributed by atoms with Gasteiger partial charge in [0.05, 0.1) is 31.0 Å². The van der Waals surface area contributed by atoms with E-state index in [2.05, 4.69) is 52.7 Å². The molecule has 1 amide bonds. The maximum Gasteiger partial charge on any atom is 0.234 e. The summed E-state index contributed by atoms with van der Waals surface area (Å²) < 4.78 is 10.6. The fourth-order valence-corrected chi connectivity index (χ4v) is 5.09. The summed E-state index contributed by atoms with van der Waals surface area (Å²) in [5.74, 6) is 1.27. The lowest BCUT2D eigenvalue weighted by atomic mass is 10.0. The van der Waals surface area contributed by atoms with Crippen LogP contribution in [0.5, 0.6) is 11.5 Å². The molecule has 164 valence electrons. The lowest BCUT2D eigenvalue weighted by Gasteiger charge is -2.11. The predicted molar refractivity (Wildman–Crippen MR) is 131 cm³/mol. The lowest BCUT2D eigenvalue weighted by molar-refractivity contribution is -0.113. The van der Waals surface area contributed by atoms with Crippen molar-refractivity contribution >= 4 is 44.9 Å². The molecule has 0 aliphatic heterocycles. The number of thiophene rings is 1. The summed E-state index contributed by atoms with van der Waals surface area (Å²) in [6.07, 6.45) is 1.55. The second kappa shape index (κ2) is 9.58. The van der Waals surface area contributed by atoms with Crippen molar-refractivity contribution in [2.24, 2.45) is 0 Å². The van der Waals surface area contributed by atoms with Gasteiger partial charge in [0.2, 0.25) is 5.91 Å². The summed E-state index contributed by atoms with van der Waals surface area (Å²) in [6, 6.07) is 11.7. The molecule has 4 rings (SSSR count). The van der Waals surface area contributed by atoms with Gasteiger partial charge in [0.25, 0.3) is 0 Å². The number of benzene rings is 2. The minimum atomic E-state index is -0.145. The van der Waals surface area contributed by atoms with Gasteiger partial charge >= 0.3 is 0 Å². The highest BCUT2D eigenvalue weighted by atomic mass is 32.2. The molecule has 8 heteroatoms. The summed E-state index contributed by atoms with van der Waals surface area (Å²) in [7, 11) is 3.14. The SMILES string of the molecule is COc1ccc(NC(=O)CSc2ncnc3scc(-c4ccc(C)c(C)c4)c23)c(OC)c1. The van der Waals surface area contributed by atoms with E-state index in [1.54, 1.807) is 50.1 Å². The number of anilines is 1. The number of fused-ring (bicyclic) bond motifs is 1. The van der Waals surface area contributed by atoms with Crippen molar-refractivity contribution in [2.75, 3.05) is 25.3 Å². The van der Waals surface area contributed by atoms with E-state index in [9.17, 15) is 4.79 Å². The van der Waals surface area contributed by atoms with Gasteiger partial charge in [-0.1, -0.05) is 30.0 Å². The zero-order valence-electron chi connectivity index (χ0n) is 18.3. The van der Waals surface area contributed by atoms with Crippen molar-refractivity contribution in [3.63, 3.8) is 0 Å². The molecule has 0 radical (unpaired) electrons. The van der Waals surface area contributed by atoms with E-state index < -0.39 is 0 Å². The van der Waals surface area contributed by atoms with Crippen LogP contribution in [0.15, 0.2) is 53.1 Å². The van der Waals surface area contributed by atoms with Gasteiger partial charge in [-0.3, -0.25) is 4.79 Å². The molecule has 0 spiro atoms. The summed E-state index contributed by atoms with van der Waals surface area (Å²) in [6.45, 7) is 4.21. The van der Waals surface area contributed by atoms with Crippen LogP contribution in [-0.4, -0.2) is 35.8 Å². The van der Waals surface area contributed by atoms with Gasteiger partial charge in [0.1, 0.15) is 27.7 Å². The molecule has 0 aliphatic carbocycles. The summed E-state index contributed by atoms with van der Waals surface area (Å²) >= 11 is 2.98. The Labute approximate surface area is 195 Å². The number of aryl methyl sites for hydroxylation is 2. The van der Waals surface area contributed by atoms with Gasteiger partial charge in [0.15, 0.2) is 0 Å². The second-order valence-electron chi connectivity index (χ2n) is 7.21. The average Bonchev–Trinajstić information content (AvgIpc) is 3.24. The van der Waals surface area contributed by atoms with E-state index >= 15 is 0 Å². The van der Waals surface area contributed by atoms with Gasteiger partial charge in [0, 0.05) is 17.0 Å². The monoisotopic (exact) mass is 465 g/mol. The Hall–Kier alpha value is -3.10. The van der Waals surface area contributed by atoms with Crippen LogP contribution in [0.25, 0.3) is 21.3 Å². The summed E-state index contributed by atoms with van der Waals surface area (Å²) in [5.41, 5.74) is 5.31. The van der Waals surface area contributed by atoms with E-state index in [-0.39, 0.29) is 11.7 Å². The molecule has 32 heavy (non-hydrogen) atoms. The average molecular weight is 466 g/mol. The van der Waals surface area contributed by atoms with E-state index in [0.717, 1.165) is 26.4 Å². The maximum absolute atomic E-state index is 12.7. The fraction of sp³-hybridized carbons (Fsp3) is 0.208. The number of aromatic nitrogens is 2. The predicted octanol–water partition coefficient (Wildman–Crippen LogP) is 5.72. The Morgan fingerprint density at radius 2 is 1.91 bits per heavy atom. The number of carbonyl (C=O) groups is 1. The normalized spacial score (nSPS) is 10.9. The molecule has 0 atom stereocenters. The highest BCUT2D eigenvalue weighted by Gasteiger charge is 2.16. The Bertz CT molecular complexity index is 1290. The first-order valence-electron chi connectivity index (χ1n) is 9.94. The molecule has 0 bridgehead atoms. The van der Waals surface area contributed by atoms with Crippen molar-refractivity contribution < 1.29 is 14.3 Å². The highest BCUT2D eigenvalue weighted by molar-refractivity contribution is 8.00. The number of nitrogens with one attached hydrogen (secondary N) is 1. The Balaban J connectivity index is 1.55. The van der Waals surface area contributed by atoms with Crippen LogP contribution in [0.3, 0.4) is 0 Å². The smallest absolute Gasteiger partial charge is 0.234 e. The van der Waals surface area contributed by atoms with Crippen LogP contribution in [0, 0.1) is 13.8 Å². The van der Waals surface area contributed by atoms with Gasteiger partial charge in [-0.2, -0.15) is 0 Å². The molecule has 0 unspecified atom stereocenters. The van der Waals surface area contributed by atoms with E-state index in [4.69, 9.17) is 9.47 Å². The topological polar surface area (TPSA) is 73.3 Å². The van der Waals surface area contributed by atoms with Crippen LogP contribution < -0.4 is 14.8 Å². The van der Waals surface area contributed by atoms with Crippen molar-refractivity contribution in [3.8, 4) is 22.6 Å². The third kappa shape index (κ3) is 4.56. The Morgan fingerprint density at radius 1 is 1.06 bits per heavy atom. The number of thioether (sulfide) groups is 1. The zero-order chi connectivity index (χ0) is 22.7. The number of amides is 1. The van der Waals surface area contributed by atoms with Crippen molar-refractivity contribution in [2.45, 2.75) is 18.9 Å². The van der Waals surface area contributed by atoms with Gasteiger partial charge < -0.3 is 14.8 Å². The summed E-state index contributed by atoms with van der Waals surface area (Å²) in [4.78, 5) is 22.5. The molecule has 2 aromatic carbocycles. The minimum absolute atomic E-state index is 0.145. The first-order chi connectivity index (χ1) is 15.5. The maximum atomic E-state index is 12.7. The molecule has 4 aromatic rings. The van der Waals surface area contributed by atoms with Gasteiger partial charge in [-0.15, -0.1) is 11.3 Å². The Morgan fingerprint density at radius 3 is 2.66 bits per heavy atom. The van der Waals surface area contributed by atoms with E-state index in [1.165, 1.54) is 22.9 Å². The number of hydrogen-bond acceptors (Lipinski definition) is 7. The molecule has 0 saturated carbocycles.